The molecule has 1 heterocycles. The van der Waals surface area contributed by atoms with Crippen molar-refractivity contribution in [1.29, 1.82) is 0 Å². The molecule has 29 heavy (non-hydrogen) atoms. The van der Waals surface area contributed by atoms with E-state index in [1.807, 2.05) is 47.9 Å². The van der Waals surface area contributed by atoms with Gasteiger partial charge in [-0.15, -0.1) is 0 Å². The third-order valence-corrected chi connectivity index (χ3v) is 5.08. The average Bonchev–Trinajstić information content (AvgIpc) is 3.02. The van der Waals surface area contributed by atoms with Gasteiger partial charge in [0.1, 0.15) is 5.75 Å². The van der Waals surface area contributed by atoms with Gasteiger partial charge in [-0.05, 0) is 42.3 Å². The van der Waals surface area contributed by atoms with Gasteiger partial charge in [0.05, 0.1) is 5.69 Å². The van der Waals surface area contributed by atoms with Crippen LogP contribution in [0.3, 0.4) is 0 Å². The van der Waals surface area contributed by atoms with Crippen LogP contribution in [0.2, 0.25) is 0 Å². The monoisotopic (exact) mass is 410 g/mol. The molecule has 0 unspecified atom stereocenters. The lowest BCUT2D eigenvalue weighted by Gasteiger charge is -2.20. The van der Waals surface area contributed by atoms with Crippen molar-refractivity contribution >= 4 is 23.8 Å². The van der Waals surface area contributed by atoms with Gasteiger partial charge in [-0.3, -0.25) is 14.5 Å². The van der Waals surface area contributed by atoms with Gasteiger partial charge >= 0.3 is 0 Å². The van der Waals surface area contributed by atoms with E-state index >= 15 is 0 Å². The Bertz CT molecular complexity index is 1080. The molecule has 1 aromatic heterocycles. The summed E-state index contributed by atoms with van der Waals surface area (Å²) in [6.45, 7) is 8.65. The Balaban J connectivity index is 1.73. The molecule has 0 bridgehead atoms. The minimum atomic E-state index is -0.204. The summed E-state index contributed by atoms with van der Waals surface area (Å²) in [7, 11) is 0. The number of hydrogen-bond donors (Lipinski definition) is 3. The summed E-state index contributed by atoms with van der Waals surface area (Å²) >= 11 is 5.33. The van der Waals surface area contributed by atoms with Crippen molar-refractivity contribution in [3.8, 4) is 17.1 Å². The second-order valence-electron chi connectivity index (χ2n) is 8.15. The summed E-state index contributed by atoms with van der Waals surface area (Å²) in [5.74, 6) is 0.538. The number of aromatic hydroxyl groups is 1. The van der Waals surface area contributed by atoms with Crippen LogP contribution in [0.15, 0.2) is 42.5 Å². The minimum Gasteiger partial charge on any atom is -0.506 e. The minimum absolute atomic E-state index is 0.0478. The molecule has 3 rings (SSSR count). The van der Waals surface area contributed by atoms with Crippen LogP contribution in [0.4, 0.5) is 5.69 Å². The first kappa shape index (κ1) is 20.8. The fourth-order valence-electron chi connectivity index (χ4n) is 2.98. The maximum Gasteiger partial charge on any atom is 0.226 e. The van der Waals surface area contributed by atoms with Crippen molar-refractivity contribution in [1.82, 2.24) is 14.8 Å². The van der Waals surface area contributed by atoms with E-state index in [1.165, 1.54) is 0 Å². The van der Waals surface area contributed by atoms with Gasteiger partial charge in [-0.2, -0.15) is 5.10 Å². The predicted octanol–water partition coefficient (Wildman–Crippen LogP) is 4.95. The number of phenolic OH excluding ortho intramolecular Hbond substituents is 1. The molecule has 3 N–H and O–H groups in total. The lowest BCUT2D eigenvalue weighted by atomic mass is 9.87. The van der Waals surface area contributed by atoms with Crippen LogP contribution in [0.5, 0.6) is 5.75 Å². The highest BCUT2D eigenvalue weighted by Crippen LogP contribution is 2.30. The van der Waals surface area contributed by atoms with E-state index < -0.39 is 0 Å². The van der Waals surface area contributed by atoms with Crippen LogP contribution in [0.1, 0.15) is 38.3 Å². The molecule has 0 saturated heterocycles. The molecular weight excluding hydrogens is 384 g/mol. The lowest BCUT2D eigenvalue weighted by Crippen LogP contribution is -2.16. The first-order valence-electron chi connectivity index (χ1n) is 9.51. The number of hydrogen-bond acceptors (Lipinski definition) is 4. The number of H-pyrrole nitrogens is 1. The van der Waals surface area contributed by atoms with Gasteiger partial charge in [0.25, 0.3) is 0 Å². The second-order valence-corrected chi connectivity index (χ2v) is 8.54. The van der Waals surface area contributed by atoms with E-state index in [2.05, 4.69) is 36.3 Å². The molecule has 0 spiro atoms. The van der Waals surface area contributed by atoms with Crippen LogP contribution in [-0.2, 0) is 16.8 Å². The smallest absolute Gasteiger partial charge is 0.226 e. The quantitative estimate of drug-likeness (QED) is 0.411. The summed E-state index contributed by atoms with van der Waals surface area (Å²) in [6.07, 6.45) is 0.200. The number of nitrogens with one attached hydrogen (secondary N) is 2. The number of amides is 1. The number of nitrogens with zero attached hydrogens (tertiary/aromatic N) is 2. The molecule has 3 aromatic rings. The molecule has 6 nitrogen and oxygen atoms in total. The Morgan fingerprint density at radius 1 is 1.21 bits per heavy atom. The Morgan fingerprint density at radius 3 is 2.55 bits per heavy atom. The van der Waals surface area contributed by atoms with Gasteiger partial charge in [-0.25, -0.2) is 0 Å². The number of benzene rings is 2. The molecule has 0 fully saturated rings. The van der Waals surface area contributed by atoms with Crippen molar-refractivity contribution in [3.05, 3.63) is 58.4 Å². The molecule has 0 aliphatic carbocycles. The van der Waals surface area contributed by atoms with Crippen LogP contribution < -0.4 is 5.32 Å². The van der Waals surface area contributed by atoms with E-state index in [-0.39, 0.29) is 23.5 Å². The summed E-state index contributed by atoms with van der Waals surface area (Å²) in [5, 5.41) is 20.0. The fraction of sp³-hybridized carbons (Fsp3) is 0.318. The van der Waals surface area contributed by atoms with Crippen molar-refractivity contribution in [2.24, 2.45) is 0 Å². The zero-order valence-electron chi connectivity index (χ0n) is 17.1. The zero-order valence-corrected chi connectivity index (χ0v) is 17.9. The van der Waals surface area contributed by atoms with E-state index in [1.54, 1.807) is 6.07 Å². The van der Waals surface area contributed by atoms with Crippen molar-refractivity contribution in [2.45, 2.75) is 46.1 Å². The van der Waals surface area contributed by atoms with Crippen LogP contribution in [-0.4, -0.2) is 25.8 Å². The first-order valence-corrected chi connectivity index (χ1v) is 9.91. The number of rotatable bonds is 5. The van der Waals surface area contributed by atoms with E-state index in [0.717, 1.165) is 16.7 Å². The number of carbonyl (C=O) groups is 1. The van der Waals surface area contributed by atoms with Gasteiger partial charge < -0.3 is 10.4 Å². The molecule has 2 aromatic carbocycles. The highest BCUT2D eigenvalue weighted by Gasteiger charge is 2.17. The van der Waals surface area contributed by atoms with Crippen molar-refractivity contribution in [3.63, 3.8) is 0 Å². The maximum atomic E-state index is 12.5. The topological polar surface area (TPSA) is 82.9 Å². The third-order valence-electron chi connectivity index (χ3n) is 4.77. The van der Waals surface area contributed by atoms with E-state index in [4.69, 9.17) is 12.2 Å². The number of aryl methyl sites for hydroxylation is 1. The number of aromatic amines is 1. The van der Waals surface area contributed by atoms with Crippen LogP contribution in [0.25, 0.3) is 11.4 Å². The van der Waals surface area contributed by atoms with Gasteiger partial charge in [0.15, 0.2) is 10.6 Å². The van der Waals surface area contributed by atoms with Gasteiger partial charge in [0, 0.05) is 18.5 Å². The Labute approximate surface area is 175 Å². The molecule has 0 saturated carbocycles. The molecule has 0 aliphatic rings. The maximum absolute atomic E-state index is 12.5. The highest BCUT2D eigenvalue weighted by molar-refractivity contribution is 7.71. The summed E-state index contributed by atoms with van der Waals surface area (Å²) in [6, 6.07) is 13.3. The predicted molar refractivity (Wildman–Crippen MR) is 118 cm³/mol. The van der Waals surface area contributed by atoms with Gasteiger partial charge in [-0.1, -0.05) is 56.7 Å². The summed E-state index contributed by atoms with van der Waals surface area (Å²) in [5.41, 5.74) is 3.45. The molecule has 0 aliphatic heterocycles. The normalized spacial score (nSPS) is 11.4. The first-order chi connectivity index (χ1) is 13.6. The Kier molecular flexibility index (Phi) is 5.88. The Morgan fingerprint density at radius 2 is 1.90 bits per heavy atom. The molecule has 1 amide bonds. The number of aromatic nitrogens is 3. The largest absolute Gasteiger partial charge is 0.506 e. The number of phenols is 1. The van der Waals surface area contributed by atoms with Crippen molar-refractivity contribution < 1.29 is 9.90 Å². The fourth-order valence-corrected chi connectivity index (χ4v) is 3.20. The van der Waals surface area contributed by atoms with Crippen molar-refractivity contribution in [2.75, 3.05) is 5.32 Å². The standard InChI is InChI=1S/C22H26N4O2S/c1-14-5-7-15(8-6-14)20-24-25-21(29)26(20)12-11-19(28)23-17-13-16(22(2,3)4)9-10-18(17)27/h5-10,13,27H,11-12H2,1-4H3,(H,23,28)(H,25,29). The molecular formula is C22H26N4O2S. The molecule has 0 atom stereocenters. The average molecular weight is 411 g/mol. The molecule has 7 heteroatoms. The number of anilines is 1. The molecule has 0 radical (unpaired) electrons. The Hall–Kier alpha value is -2.93. The van der Waals surface area contributed by atoms with E-state index in [9.17, 15) is 9.90 Å². The van der Waals surface area contributed by atoms with Crippen LogP contribution in [0, 0.1) is 11.7 Å². The van der Waals surface area contributed by atoms with E-state index in [0.29, 0.717) is 22.8 Å². The van der Waals surface area contributed by atoms with Gasteiger partial charge in [0.2, 0.25) is 5.91 Å². The lowest BCUT2D eigenvalue weighted by molar-refractivity contribution is -0.116. The van der Waals surface area contributed by atoms with Crippen LogP contribution >= 0.6 is 12.2 Å². The highest BCUT2D eigenvalue weighted by atomic mass is 32.1. The summed E-state index contributed by atoms with van der Waals surface area (Å²) < 4.78 is 2.27. The second kappa shape index (κ2) is 8.21. The number of carbonyl (C=O) groups excluding carboxylic acids is 1. The zero-order chi connectivity index (χ0) is 21.2. The SMILES string of the molecule is Cc1ccc(-c2n[nH]c(=S)n2CCC(=O)Nc2cc(C(C)(C)C)ccc2O)cc1. The third kappa shape index (κ3) is 4.92. The molecule has 152 valence electrons. The summed E-state index contributed by atoms with van der Waals surface area (Å²) in [4.78, 5) is 12.5.